The summed E-state index contributed by atoms with van der Waals surface area (Å²) in [4.78, 5) is 54.2. The van der Waals surface area contributed by atoms with Crippen LogP contribution in [-0.2, 0) is 22.7 Å². The quantitative estimate of drug-likeness (QED) is 0.398. The lowest BCUT2D eigenvalue weighted by atomic mass is 10.1. The molecule has 9 nitrogen and oxygen atoms in total. The number of nitrogens with one attached hydrogen (secondary N) is 2. The molecule has 4 amide bonds. The molecule has 216 valence electrons. The molecular weight excluding hydrogens is 556 g/mol. The maximum Gasteiger partial charge on any atom is 0.321 e. The molecule has 0 bridgehead atoms. The Morgan fingerprint density at radius 2 is 1.85 bits per heavy atom. The number of alkyl halides is 1. The van der Waals surface area contributed by atoms with E-state index in [0.29, 0.717) is 35.2 Å². The van der Waals surface area contributed by atoms with E-state index in [4.69, 9.17) is 11.6 Å². The average molecular weight is 586 g/mol. The summed E-state index contributed by atoms with van der Waals surface area (Å²) < 4.78 is 30.3. The van der Waals surface area contributed by atoms with Crippen LogP contribution in [0.4, 0.5) is 19.3 Å². The Morgan fingerprint density at radius 1 is 1.10 bits per heavy atom. The highest BCUT2D eigenvalue weighted by atomic mass is 35.5. The van der Waals surface area contributed by atoms with Gasteiger partial charge in [-0.1, -0.05) is 23.7 Å². The number of anilines is 1. The zero-order valence-corrected chi connectivity index (χ0v) is 23.2. The third kappa shape index (κ3) is 6.04. The van der Waals surface area contributed by atoms with Crippen molar-refractivity contribution in [1.82, 2.24) is 19.7 Å². The zero-order chi connectivity index (χ0) is 29.3. The lowest BCUT2D eigenvalue weighted by Crippen LogP contribution is -2.46. The first-order valence-corrected chi connectivity index (χ1v) is 13.8. The van der Waals surface area contributed by atoms with E-state index >= 15 is 0 Å². The number of urea groups is 1. The molecule has 0 aliphatic carbocycles. The molecule has 12 heteroatoms. The molecule has 3 heterocycles. The lowest BCUT2D eigenvalue weighted by molar-refractivity contribution is -0.139. The van der Waals surface area contributed by atoms with Crippen molar-refractivity contribution in [3.8, 4) is 0 Å². The number of Topliss-reactive ketones (excluding diaryl/α,β-unsaturated/α-hetero) is 1. The summed E-state index contributed by atoms with van der Waals surface area (Å²) in [6, 6.07) is 8.24. The fraction of sp³-hybridized carbons (Fsp3) is 0.379. The number of benzene rings is 2. The van der Waals surface area contributed by atoms with E-state index in [0.717, 1.165) is 12.8 Å². The normalized spacial score (nSPS) is 18.6. The molecule has 2 saturated heterocycles. The molecule has 2 fully saturated rings. The third-order valence-electron chi connectivity index (χ3n) is 7.57. The molecule has 2 N–H and O–H groups in total. The van der Waals surface area contributed by atoms with Crippen LogP contribution in [0.5, 0.6) is 0 Å². The van der Waals surface area contributed by atoms with Crippen LogP contribution >= 0.6 is 11.6 Å². The van der Waals surface area contributed by atoms with E-state index in [1.54, 1.807) is 39.9 Å². The van der Waals surface area contributed by atoms with E-state index in [-0.39, 0.29) is 48.5 Å². The van der Waals surface area contributed by atoms with Crippen LogP contribution in [0.2, 0.25) is 5.02 Å². The van der Waals surface area contributed by atoms with E-state index in [1.165, 1.54) is 24.0 Å². The van der Waals surface area contributed by atoms with Crippen LogP contribution in [0.25, 0.3) is 10.9 Å². The van der Waals surface area contributed by atoms with Crippen LogP contribution in [0.1, 0.15) is 42.1 Å². The number of fused-ring (bicyclic) bond motifs is 1. The number of likely N-dealkylation sites (tertiary alicyclic amines) is 2. The van der Waals surface area contributed by atoms with Crippen molar-refractivity contribution in [1.29, 1.82) is 0 Å². The van der Waals surface area contributed by atoms with Gasteiger partial charge in [0.25, 0.3) is 0 Å². The van der Waals surface area contributed by atoms with E-state index < -0.39 is 29.8 Å². The van der Waals surface area contributed by atoms with Gasteiger partial charge in [0.05, 0.1) is 11.6 Å². The first-order chi connectivity index (χ1) is 19.6. The highest BCUT2D eigenvalue weighted by molar-refractivity contribution is 6.30. The van der Waals surface area contributed by atoms with Crippen LogP contribution < -0.4 is 10.6 Å². The largest absolute Gasteiger partial charge is 0.350 e. The Labute approximate surface area is 240 Å². The van der Waals surface area contributed by atoms with Crippen LogP contribution in [-0.4, -0.2) is 69.8 Å². The van der Waals surface area contributed by atoms with Gasteiger partial charge in [0.15, 0.2) is 5.78 Å². The maximum atomic E-state index is 14.4. The van der Waals surface area contributed by atoms with E-state index in [2.05, 4.69) is 10.6 Å². The number of hydrogen-bond donors (Lipinski definition) is 2. The lowest BCUT2D eigenvalue weighted by Gasteiger charge is -2.24. The monoisotopic (exact) mass is 585 g/mol. The van der Waals surface area contributed by atoms with Gasteiger partial charge in [-0.05, 0) is 44.0 Å². The molecule has 2 aromatic carbocycles. The van der Waals surface area contributed by atoms with Gasteiger partial charge < -0.3 is 25.0 Å². The fourth-order valence-corrected chi connectivity index (χ4v) is 5.63. The van der Waals surface area contributed by atoms with Crippen molar-refractivity contribution in [2.75, 3.05) is 25.0 Å². The van der Waals surface area contributed by atoms with Gasteiger partial charge in [-0.2, -0.15) is 0 Å². The number of halogens is 3. The standard InChI is InChI=1S/C29H30ClF2N5O4/c1-17(38)22-15-36(24-8-7-20(12-21(22)24)34-29(41)35-9-2-3-10-35)16-26(39)37-14-19(31)11-25(37)28(40)33-13-18-5-4-6-23(30)27(18)32/h4-8,12,15,19,25H,2-3,9-11,13-14,16H2,1H3,(H,33,40)(H,34,41). The molecule has 3 aromatic rings. The second-order valence-electron chi connectivity index (χ2n) is 10.4. The molecule has 2 unspecified atom stereocenters. The number of nitrogens with zero attached hydrogens (tertiary/aromatic N) is 3. The molecule has 0 radical (unpaired) electrons. The van der Waals surface area contributed by atoms with Crippen molar-refractivity contribution in [3.05, 3.63) is 64.6 Å². The summed E-state index contributed by atoms with van der Waals surface area (Å²) in [5.74, 6) is -1.98. The van der Waals surface area contributed by atoms with Gasteiger partial charge in [0.2, 0.25) is 11.8 Å². The summed E-state index contributed by atoms with van der Waals surface area (Å²) in [6.45, 7) is 2.14. The molecule has 2 aliphatic heterocycles. The Bertz CT molecular complexity index is 1520. The minimum atomic E-state index is -1.39. The molecule has 0 spiro atoms. The molecule has 41 heavy (non-hydrogen) atoms. The second kappa shape index (κ2) is 11.9. The predicted octanol–water partition coefficient (Wildman–Crippen LogP) is 4.52. The molecular formula is C29H30ClF2N5O4. The second-order valence-corrected chi connectivity index (χ2v) is 10.8. The van der Waals surface area contributed by atoms with Crippen molar-refractivity contribution in [2.45, 2.75) is 51.5 Å². The highest BCUT2D eigenvalue weighted by Gasteiger charge is 2.39. The van der Waals surface area contributed by atoms with Crippen LogP contribution in [0, 0.1) is 5.82 Å². The van der Waals surface area contributed by atoms with E-state index in [9.17, 15) is 28.0 Å². The minimum absolute atomic E-state index is 0.0804. The summed E-state index contributed by atoms with van der Waals surface area (Å²) in [6.07, 6.45) is 1.90. The number of amides is 4. The van der Waals surface area contributed by atoms with Crippen molar-refractivity contribution in [2.24, 2.45) is 0 Å². The van der Waals surface area contributed by atoms with Gasteiger partial charge in [-0.15, -0.1) is 0 Å². The first kappa shape index (κ1) is 28.5. The molecule has 5 rings (SSSR count). The van der Waals surface area contributed by atoms with Gasteiger partial charge in [-0.3, -0.25) is 14.4 Å². The summed E-state index contributed by atoms with van der Waals surface area (Å²) in [5, 5.41) is 5.93. The minimum Gasteiger partial charge on any atom is -0.350 e. The predicted molar refractivity (Wildman–Crippen MR) is 150 cm³/mol. The average Bonchev–Trinajstić information content (AvgIpc) is 3.69. The fourth-order valence-electron chi connectivity index (χ4n) is 5.44. The summed E-state index contributed by atoms with van der Waals surface area (Å²) in [7, 11) is 0. The molecule has 2 atom stereocenters. The zero-order valence-electron chi connectivity index (χ0n) is 22.5. The number of aromatic nitrogens is 1. The molecule has 0 saturated carbocycles. The molecule has 1 aromatic heterocycles. The van der Waals surface area contributed by atoms with Crippen LogP contribution in [0.3, 0.4) is 0 Å². The maximum absolute atomic E-state index is 14.4. The van der Waals surface area contributed by atoms with E-state index in [1.807, 2.05) is 0 Å². The van der Waals surface area contributed by atoms with Crippen molar-refractivity contribution in [3.63, 3.8) is 0 Å². The smallest absolute Gasteiger partial charge is 0.321 e. The summed E-state index contributed by atoms with van der Waals surface area (Å²) in [5.41, 5.74) is 1.64. The van der Waals surface area contributed by atoms with Crippen molar-refractivity contribution < 1.29 is 28.0 Å². The van der Waals surface area contributed by atoms with Gasteiger partial charge in [0.1, 0.15) is 24.6 Å². The molecule has 2 aliphatic rings. The Balaban J connectivity index is 1.32. The Kier molecular flexibility index (Phi) is 8.25. The number of carbonyl (C=O) groups excluding carboxylic acids is 4. The van der Waals surface area contributed by atoms with Crippen LogP contribution in [0.15, 0.2) is 42.6 Å². The topological polar surface area (TPSA) is 104 Å². The Morgan fingerprint density at radius 3 is 2.59 bits per heavy atom. The first-order valence-electron chi connectivity index (χ1n) is 13.5. The van der Waals surface area contributed by atoms with Crippen molar-refractivity contribution >= 4 is 51.8 Å². The SMILES string of the molecule is CC(=O)c1cn(CC(=O)N2CC(F)CC2C(=O)NCc2cccc(Cl)c2F)c2ccc(NC(=O)N3CCCC3)cc12. The summed E-state index contributed by atoms with van der Waals surface area (Å²) >= 11 is 5.80. The number of ketones is 1. The van der Waals surface area contributed by atoms with Gasteiger partial charge in [-0.25, -0.2) is 13.6 Å². The van der Waals surface area contributed by atoms with Gasteiger partial charge in [0, 0.05) is 60.0 Å². The Hall–Kier alpha value is -3.99. The van der Waals surface area contributed by atoms with Gasteiger partial charge >= 0.3 is 6.03 Å². The number of rotatable bonds is 7. The number of hydrogen-bond acceptors (Lipinski definition) is 4. The number of carbonyl (C=O) groups is 4. The third-order valence-corrected chi connectivity index (χ3v) is 7.86. The highest BCUT2D eigenvalue weighted by Crippen LogP contribution is 2.28.